The second-order valence-electron chi connectivity index (χ2n) is 14.2. The van der Waals surface area contributed by atoms with Crippen molar-refractivity contribution < 1.29 is 28.6 Å². The summed E-state index contributed by atoms with van der Waals surface area (Å²) in [7, 11) is 0. The van der Waals surface area contributed by atoms with Crippen LogP contribution in [0.2, 0.25) is 0 Å². The largest absolute Gasteiger partial charge is 0.462 e. The maximum atomic E-state index is 12.7. The zero-order valence-corrected chi connectivity index (χ0v) is 33.6. The van der Waals surface area contributed by atoms with E-state index in [-0.39, 0.29) is 31.1 Å². The van der Waals surface area contributed by atoms with Crippen molar-refractivity contribution in [1.82, 2.24) is 0 Å². The molecule has 6 nitrogen and oxygen atoms in total. The van der Waals surface area contributed by atoms with Gasteiger partial charge in [-0.15, -0.1) is 0 Å². The minimum atomic E-state index is -0.777. The fourth-order valence-corrected chi connectivity index (χ4v) is 5.74. The fraction of sp³-hybridized carbons (Fsp3) is 0.800. The lowest BCUT2D eigenvalue weighted by molar-refractivity contribution is -0.167. The van der Waals surface area contributed by atoms with Crippen molar-refractivity contribution in [3.05, 3.63) is 36.5 Å². The van der Waals surface area contributed by atoms with Crippen LogP contribution in [0.5, 0.6) is 0 Å². The molecule has 0 aromatic carbocycles. The summed E-state index contributed by atoms with van der Waals surface area (Å²) in [5.41, 5.74) is 0. The number of allylic oxidation sites excluding steroid dienone is 6. The van der Waals surface area contributed by atoms with Gasteiger partial charge in [0.2, 0.25) is 0 Å². The summed E-state index contributed by atoms with van der Waals surface area (Å²) in [6.07, 6.45) is 44.1. The van der Waals surface area contributed by atoms with Crippen molar-refractivity contribution in [2.24, 2.45) is 0 Å². The number of rotatable bonds is 38. The molecule has 0 aromatic heterocycles. The smallest absolute Gasteiger partial charge is 0.306 e. The molecule has 0 radical (unpaired) electrons. The summed E-state index contributed by atoms with van der Waals surface area (Å²) in [5.74, 6) is -0.915. The maximum absolute atomic E-state index is 12.7. The van der Waals surface area contributed by atoms with Crippen molar-refractivity contribution in [1.29, 1.82) is 0 Å². The predicted molar refractivity (Wildman–Crippen MR) is 215 cm³/mol. The first-order valence-corrected chi connectivity index (χ1v) is 21.5. The van der Waals surface area contributed by atoms with Gasteiger partial charge in [0.25, 0.3) is 0 Å². The molecule has 0 N–H and O–H groups in total. The lowest BCUT2D eigenvalue weighted by Gasteiger charge is -2.18. The molecule has 0 aliphatic carbocycles. The first kappa shape index (κ1) is 48.6. The zero-order valence-electron chi connectivity index (χ0n) is 33.6. The van der Waals surface area contributed by atoms with Gasteiger partial charge in [0.15, 0.2) is 6.10 Å². The van der Waals surface area contributed by atoms with E-state index >= 15 is 0 Å². The summed E-state index contributed by atoms with van der Waals surface area (Å²) in [6, 6.07) is 0. The van der Waals surface area contributed by atoms with Gasteiger partial charge in [-0.1, -0.05) is 154 Å². The summed E-state index contributed by atoms with van der Waals surface area (Å²) < 4.78 is 16.6. The lowest BCUT2D eigenvalue weighted by atomic mass is 10.1. The Kier molecular flexibility index (Phi) is 38.5. The minimum Gasteiger partial charge on any atom is -0.462 e. The molecule has 0 unspecified atom stereocenters. The number of ether oxygens (including phenoxy) is 3. The Morgan fingerprint density at radius 2 is 0.647 bits per heavy atom. The van der Waals surface area contributed by atoms with Crippen LogP contribution < -0.4 is 0 Å². The van der Waals surface area contributed by atoms with Crippen molar-refractivity contribution in [2.45, 2.75) is 219 Å². The molecule has 0 spiro atoms. The highest BCUT2D eigenvalue weighted by Gasteiger charge is 2.19. The monoisotopic (exact) mass is 717 g/mol. The van der Waals surface area contributed by atoms with E-state index in [1.54, 1.807) is 0 Å². The van der Waals surface area contributed by atoms with E-state index in [2.05, 4.69) is 57.2 Å². The Labute approximate surface area is 315 Å². The number of carbonyl (C=O) groups excluding carboxylic acids is 3. The lowest BCUT2D eigenvalue weighted by Crippen LogP contribution is -2.30. The minimum absolute atomic E-state index is 0.0825. The number of carbonyl (C=O) groups is 3. The highest BCUT2D eigenvalue weighted by molar-refractivity contribution is 5.71. The van der Waals surface area contributed by atoms with Gasteiger partial charge in [-0.25, -0.2) is 0 Å². The molecular formula is C45H80O6. The molecule has 0 fully saturated rings. The molecule has 0 aliphatic heterocycles. The predicted octanol–water partition coefficient (Wildman–Crippen LogP) is 13.4. The van der Waals surface area contributed by atoms with Crippen molar-refractivity contribution >= 4 is 17.9 Å². The fourth-order valence-electron chi connectivity index (χ4n) is 5.74. The van der Waals surface area contributed by atoms with Crippen LogP contribution in [0, 0.1) is 0 Å². The van der Waals surface area contributed by atoms with Crippen LogP contribution in [0.25, 0.3) is 0 Å². The third-order valence-electron chi connectivity index (χ3n) is 9.09. The van der Waals surface area contributed by atoms with Gasteiger partial charge in [0.1, 0.15) is 13.2 Å². The van der Waals surface area contributed by atoms with Crippen LogP contribution in [0.4, 0.5) is 0 Å². The van der Waals surface area contributed by atoms with Gasteiger partial charge in [-0.2, -0.15) is 0 Å². The summed E-state index contributed by atoms with van der Waals surface area (Å²) in [6.45, 7) is 6.48. The van der Waals surface area contributed by atoms with E-state index in [1.807, 2.05) is 0 Å². The van der Waals surface area contributed by atoms with E-state index in [1.165, 1.54) is 89.9 Å². The van der Waals surface area contributed by atoms with Gasteiger partial charge in [-0.05, 0) is 77.0 Å². The number of hydrogen-bond acceptors (Lipinski definition) is 6. The standard InChI is InChI=1S/C45H80O6/c1-4-7-10-13-16-19-22-25-28-31-34-37-43(46)49-40-42(51-45(48)39-36-33-30-27-24-21-18-15-12-9-6-3)41-50-44(47)38-35-32-29-26-23-20-17-14-11-8-5-2/h13-18,42H,4-12,19-41H2,1-3H3/b16-13+,17-14+,18-15+. The summed E-state index contributed by atoms with van der Waals surface area (Å²) >= 11 is 0. The van der Waals surface area contributed by atoms with Crippen LogP contribution in [0.3, 0.4) is 0 Å². The molecule has 296 valence electrons. The Balaban J connectivity index is 4.41. The van der Waals surface area contributed by atoms with Crippen molar-refractivity contribution in [3.8, 4) is 0 Å². The quantitative estimate of drug-likeness (QED) is 0.0274. The SMILES string of the molecule is CCCC/C=C/CCCCCCCC(=O)OCC(COC(=O)CCCCCCC/C=C/CCCC)OC(=O)CCCCCCC/C=C/CCCC. The molecule has 0 saturated carbocycles. The number of unbranched alkanes of at least 4 members (excludes halogenated alkanes) is 21. The Hall–Kier alpha value is -2.37. The van der Waals surface area contributed by atoms with Gasteiger partial charge in [0.05, 0.1) is 0 Å². The molecule has 0 amide bonds. The normalized spacial score (nSPS) is 11.8. The topological polar surface area (TPSA) is 78.9 Å². The summed E-state index contributed by atoms with van der Waals surface area (Å²) in [4.78, 5) is 37.6. The zero-order chi connectivity index (χ0) is 37.3. The van der Waals surface area contributed by atoms with E-state index in [0.717, 1.165) is 83.5 Å². The molecule has 0 aromatic rings. The molecule has 0 bridgehead atoms. The molecule has 51 heavy (non-hydrogen) atoms. The Morgan fingerprint density at radius 1 is 0.373 bits per heavy atom. The molecule has 6 heteroatoms. The second-order valence-corrected chi connectivity index (χ2v) is 14.2. The van der Waals surface area contributed by atoms with Crippen LogP contribution >= 0.6 is 0 Å². The number of esters is 3. The van der Waals surface area contributed by atoms with E-state index in [9.17, 15) is 14.4 Å². The third kappa shape index (κ3) is 38.7. The van der Waals surface area contributed by atoms with Crippen molar-refractivity contribution in [2.75, 3.05) is 13.2 Å². The van der Waals surface area contributed by atoms with E-state index in [0.29, 0.717) is 19.3 Å². The van der Waals surface area contributed by atoms with Crippen LogP contribution in [0.1, 0.15) is 213 Å². The second kappa shape index (κ2) is 40.4. The molecular weight excluding hydrogens is 636 g/mol. The van der Waals surface area contributed by atoms with Crippen LogP contribution in [-0.4, -0.2) is 37.2 Å². The van der Waals surface area contributed by atoms with Gasteiger partial charge in [0, 0.05) is 19.3 Å². The first-order chi connectivity index (χ1) is 25.0. The van der Waals surface area contributed by atoms with Crippen LogP contribution in [-0.2, 0) is 28.6 Å². The molecule has 0 heterocycles. The van der Waals surface area contributed by atoms with E-state index in [4.69, 9.17) is 14.2 Å². The Morgan fingerprint density at radius 3 is 0.980 bits per heavy atom. The van der Waals surface area contributed by atoms with Crippen LogP contribution in [0.15, 0.2) is 36.5 Å². The number of hydrogen-bond donors (Lipinski definition) is 0. The van der Waals surface area contributed by atoms with E-state index < -0.39 is 6.10 Å². The maximum Gasteiger partial charge on any atom is 0.306 e. The average molecular weight is 717 g/mol. The van der Waals surface area contributed by atoms with Crippen molar-refractivity contribution in [3.63, 3.8) is 0 Å². The molecule has 0 atom stereocenters. The first-order valence-electron chi connectivity index (χ1n) is 21.5. The Bertz CT molecular complexity index is 828. The highest BCUT2D eigenvalue weighted by atomic mass is 16.6. The van der Waals surface area contributed by atoms with Gasteiger partial charge in [-0.3, -0.25) is 14.4 Å². The molecule has 0 rings (SSSR count). The average Bonchev–Trinajstić information content (AvgIpc) is 3.12. The molecule has 0 aliphatic rings. The van der Waals surface area contributed by atoms with Gasteiger partial charge >= 0.3 is 17.9 Å². The third-order valence-corrected chi connectivity index (χ3v) is 9.09. The van der Waals surface area contributed by atoms with Gasteiger partial charge < -0.3 is 14.2 Å². The highest BCUT2D eigenvalue weighted by Crippen LogP contribution is 2.13. The summed E-state index contributed by atoms with van der Waals surface area (Å²) in [5, 5.41) is 0. The molecule has 0 saturated heterocycles.